The van der Waals surface area contributed by atoms with Gasteiger partial charge in [-0.1, -0.05) is 6.07 Å². The van der Waals surface area contributed by atoms with Crippen molar-refractivity contribution >= 4 is 37.9 Å². The fourth-order valence-corrected chi connectivity index (χ4v) is 3.36. The minimum absolute atomic E-state index is 0.175. The Morgan fingerprint density at radius 2 is 2.12 bits per heavy atom. The summed E-state index contributed by atoms with van der Waals surface area (Å²) in [7, 11) is 1.72. The van der Waals surface area contributed by atoms with Gasteiger partial charge in [-0.25, -0.2) is 14.1 Å². The first-order valence-electron chi connectivity index (χ1n) is 7.15. The van der Waals surface area contributed by atoms with Gasteiger partial charge in [0.2, 0.25) is 0 Å². The molecule has 24 heavy (non-hydrogen) atoms. The largest absolute Gasteiger partial charge is 0.294 e. The summed E-state index contributed by atoms with van der Waals surface area (Å²) in [6.45, 7) is 0.175. The van der Waals surface area contributed by atoms with Gasteiger partial charge in [0, 0.05) is 24.2 Å². The average molecular weight is 388 g/mol. The Hall–Kier alpha value is -2.61. The number of rotatable bonds is 2. The van der Waals surface area contributed by atoms with Crippen LogP contribution in [0.1, 0.15) is 5.56 Å². The van der Waals surface area contributed by atoms with Crippen LogP contribution in [0.15, 0.2) is 46.2 Å². The van der Waals surface area contributed by atoms with E-state index >= 15 is 0 Å². The molecule has 0 radical (unpaired) electrons. The van der Waals surface area contributed by atoms with E-state index in [0.717, 1.165) is 0 Å². The molecule has 0 aliphatic rings. The van der Waals surface area contributed by atoms with Crippen LogP contribution in [0.25, 0.3) is 21.9 Å². The minimum atomic E-state index is -0.366. The fourth-order valence-electron chi connectivity index (χ4n) is 2.78. The number of fused-ring (bicyclic) bond motifs is 2. The molecule has 3 aromatic heterocycles. The van der Waals surface area contributed by atoms with Gasteiger partial charge in [-0.2, -0.15) is 5.10 Å². The lowest BCUT2D eigenvalue weighted by atomic mass is 10.1. The number of nitrogens with zero attached hydrogens (tertiary/aromatic N) is 5. The lowest BCUT2D eigenvalue weighted by Crippen LogP contribution is -2.21. The monoisotopic (exact) mass is 387 g/mol. The molecule has 1 aromatic carbocycles. The number of benzene rings is 1. The molecule has 8 heteroatoms. The molecule has 0 N–H and O–H groups in total. The van der Waals surface area contributed by atoms with E-state index in [0.29, 0.717) is 32.1 Å². The second-order valence-corrected chi connectivity index (χ2v) is 6.18. The third-order valence-corrected chi connectivity index (χ3v) is 4.41. The molecule has 3 heterocycles. The Balaban J connectivity index is 1.90. The van der Waals surface area contributed by atoms with Gasteiger partial charge in [0.05, 0.1) is 12.1 Å². The molecule has 0 aliphatic carbocycles. The Bertz CT molecular complexity index is 1150. The van der Waals surface area contributed by atoms with Gasteiger partial charge in [-0.3, -0.25) is 14.3 Å². The topological polar surface area (TPSA) is 65.6 Å². The van der Waals surface area contributed by atoms with Crippen molar-refractivity contribution < 1.29 is 4.39 Å². The molecular formula is C16H11BrFN5O. The van der Waals surface area contributed by atoms with E-state index < -0.39 is 0 Å². The first-order valence-corrected chi connectivity index (χ1v) is 7.94. The summed E-state index contributed by atoms with van der Waals surface area (Å²) in [5.74, 6) is -0.366. The maximum atomic E-state index is 13.9. The summed E-state index contributed by atoms with van der Waals surface area (Å²) in [5, 5.41) is 5.24. The first kappa shape index (κ1) is 14.9. The van der Waals surface area contributed by atoms with Crippen LogP contribution >= 0.6 is 15.9 Å². The van der Waals surface area contributed by atoms with Gasteiger partial charge in [0.15, 0.2) is 5.65 Å². The van der Waals surface area contributed by atoms with Gasteiger partial charge in [-0.15, -0.1) is 0 Å². The Labute approximate surface area is 143 Å². The van der Waals surface area contributed by atoms with Crippen LogP contribution in [-0.4, -0.2) is 24.3 Å². The number of hydrogen-bond donors (Lipinski definition) is 0. The normalized spacial score (nSPS) is 11.5. The van der Waals surface area contributed by atoms with E-state index in [-0.39, 0.29) is 17.9 Å². The number of pyridine rings is 1. The molecule has 0 spiro atoms. The zero-order valence-corrected chi connectivity index (χ0v) is 14.2. The van der Waals surface area contributed by atoms with Crippen molar-refractivity contribution in [3.05, 3.63) is 63.1 Å². The molecule has 0 aliphatic heterocycles. The quantitative estimate of drug-likeness (QED) is 0.530. The van der Waals surface area contributed by atoms with Crippen molar-refractivity contribution in [3.63, 3.8) is 0 Å². The highest BCUT2D eigenvalue weighted by Gasteiger charge is 2.14. The maximum absolute atomic E-state index is 13.9. The molecule has 0 bridgehead atoms. The van der Waals surface area contributed by atoms with Crippen molar-refractivity contribution in [2.75, 3.05) is 0 Å². The van der Waals surface area contributed by atoms with Gasteiger partial charge in [-0.05, 0) is 34.1 Å². The van der Waals surface area contributed by atoms with E-state index in [1.165, 1.54) is 27.7 Å². The smallest absolute Gasteiger partial charge is 0.265 e. The predicted octanol–water partition coefficient (Wildman–Crippen LogP) is 2.63. The van der Waals surface area contributed by atoms with Crippen LogP contribution in [0, 0.1) is 5.82 Å². The third kappa shape index (κ3) is 2.30. The van der Waals surface area contributed by atoms with Crippen LogP contribution in [-0.2, 0) is 13.6 Å². The molecule has 0 fully saturated rings. The second kappa shape index (κ2) is 5.48. The van der Waals surface area contributed by atoms with E-state index in [1.807, 2.05) is 0 Å². The molecule has 0 saturated carbocycles. The fraction of sp³-hybridized carbons (Fsp3) is 0.125. The summed E-state index contributed by atoms with van der Waals surface area (Å²) in [6.07, 6.45) is 3.09. The van der Waals surface area contributed by atoms with Crippen LogP contribution in [0.4, 0.5) is 4.39 Å². The standard InChI is InChI=1S/C16H11BrFN5O/c1-22-15-12(14(17)21-22)16(24)23(8-20-15)7-10-6-11(18)5-9-3-2-4-19-13(9)10/h2-6,8H,7H2,1H3. The molecule has 0 unspecified atom stereocenters. The SMILES string of the molecule is Cn1nc(Br)c2c(=O)n(Cc3cc(F)cc4cccnc34)cnc21. The maximum Gasteiger partial charge on any atom is 0.265 e. The number of aromatic nitrogens is 5. The van der Waals surface area contributed by atoms with Crippen molar-refractivity contribution in [1.82, 2.24) is 24.3 Å². The molecule has 0 amide bonds. The van der Waals surface area contributed by atoms with Gasteiger partial charge < -0.3 is 0 Å². The Morgan fingerprint density at radius 3 is 2.96 bits per heavy atom. The summed E-state index contributed by atoms with van der Waals surface area (Å²) in [6, 6.07) is 6.35. The first-order chi connectivity index (χ1) is 11.5. The minimum Gasteiger partial charge on any atom is -0.294 e. The lowest BCUT2D eigenvalue weighted by Gasteiger charge is -2.09. The van der Waals surface area contributed by atoms with Crippen molar-refractivity contribution in [3.8, 4) is 0 Å². The highest BCUT2D eigenvalue weighted by molar-refractivity contribution is 9.10. The van der Waals surface area contributed by atoms with E-state index in [9.17, 15) is 9.18 Å². The van der Waals surface area contributed by atoms with Gasteiger partial charge in [0.25, 0.3) is 5.56 Å². The Morgan fingerprint density at radius 1 is 1.29 bits per heavy atom. The van der Waals surface area contributed by atoms with E-state index in [2.05, 4.69) is 31.0 Å². The Kier molecular flexibility index (Phi) is 3.42. The van der Waals surface area contributed by atoms with Crippen molar-refractivity contribution in [2.24, 2.45) is 7.05 Å². The molecular weight excluding hydrogens is 377 g/mol. The van der Waals surface area contributed by atoms with E-state index in [4.69, 9.17) is 0 Å². The average Bonchev–Trinajstić information content (AvgIpc) is 2.84. The van der Waals surface area contributed by atoms with Crippen LogP contribution < -0.4 is 5.56 Å². The second-order valence-electron chi connectivity index (χ2n) is 5.43. The summed E-state index contributed by atoms with van der Waals surface area (Å²) < 4.78 is 17.3. The summed E-state index contributed by atoms with van der Waals surface area (Å²) in [4.78, 5) is 21.3. The predicted molar refractivity (Wildman–Crippen MR) is 91.3 cm³/mol. The van der Waals surface area contributed by atoms with Gasteiger partial charge >= 0.3 is 0 Å². The van der Waals surface area contributed by atoms with Crippen LogP contribution in [0.2, 0.25) is 0 Å². The molecule has 4 rings (SSSR count). The number of aryl methyl sites for hydroxylation is 1. The highest BCUT2D eigenvalue weighted by atomic mass is 79.9. The zero-order valence-electron chi connectivity index (χ0n) is 12.6. The van der Waals surface area contributed by atoms with Gasteiger partial charge in [0.1, 0.15) is 22.1 Å². The molecule has 6 nitrogen and oxygen atoms in total. The lowest BCUT2D eigenvalue weighted by molar-refractivity contribution is 0.625. The van der Waals surface area contributed by atoms with E-state index in [1.54, 1.807) is 25.4 Å². The molecule has 4 aromatic rings. The van der Waals surface area contributed by atoms with Crippen molar-refractivity contribution in [2.45, 2.75) is 6.54 Å². The summed E-state index contributed by atoms with van der Waals surface area (Å²) >= 11 is 3.28. The molecule has 0 saturated heterocycles. The summed E-state index contributed by atoms with van der Waals surface area (Å²) in [5.41, 5.74) is 1.53. The number of halogens is 2. The highest BCUT2D eigenvalue weighted by Crippen LogP contribution is 2.20. The molecule has 0 atom stereocenters. The van der Waals surface area contributed by atoms with Crippen LogP contribution in [0.5, 0.6) is 0 Å². The molecule has 120 valence electrons. The van der Waals surface area contributed by atoms with Crippen molar-refractivity contribution in [1.29, 1.82) is 0 Å². The zero-order chi connectivity index (χ0) is 16.8. The number of hydrogen-bond acceptors (Lipinski definition) is 4. The third-order valence-electron chi connectivity index (χ3n) is 3.86. The van der Waals surface area contributed by atoms with Crippen LogP contribution in [0.3, 0.4) is 0 Å².